The first kappa shape index (κ1) is 11.9. The molecule has 2 nitrogen and oxygen atoms in total. The van der Waals surface area contributed by atoms with Gasteiger partial charge in [0, 0.05) is 0 Å². The maximum atomic E-state index is 11.6. The summed E-state index contributed by atoms with van der Waals surface area (Å²) in [5, 5.41) is 9.54. The molecular formula is C14H24O2. The molecule has 2 rings (SSSR count). The third-order valence-electron chi connectivity index (χ3n) is 4.71. The molecule has 0 amide bonds. The van der Waals surface area contributed by atoms with Crippen molar-refractivity contribution < 1.29 is 9.90 Å². The Balaban J connectivity index is 1.97. The number of carboxylic acid groups (broad SMARTS) is 1. The van der Waals surface area contributed by atoms with Crippen LogP contribution in [0.4, 0.5) is 0 Å². The molecule has 2 aliphatic carbocycles. The second kappa shape index (κ2) is 4.77. The van der Waals surface area contributed by atoms with Gasteiger partial charge in [-0.05, 0) is 37.5 Å². The normalized spacial score (nSPS) is 34.9. The van der Waals surface area contributed by atoms with Crippen molar-refractivity contribution >= 4 is 5.97 Å². The summed E-state index contributed by atoms with van der Waals surface area (Å²) in [4.78, 5) is 11.6. The highest BCUT2D eigenvalue weighted by molar-refractivity contribution is 5.74. The number of rotatable bonds is 5. The Morgan fingerprint density at radius 2 is 2.06 bits per heavy atom. The summed E-state index contributed by atoms with van der Waals surface area (Å²) < 4.78 is 0. The van der Waals surface area contributed by atoms with E-state index in [2.05, 4.69) is 6.92 Å². The van der Waals surface area contributed by atoms with Crippen molar-refractivity contribution in [3.8, 4) is 0 Å². The molecule has 2 atom stereocenters. The Morgan fingerprint density at radius 1 is 1.31 bits per heavy atom. The molecule has 0 aromatic carbocycles. The molecule has 2 saturated carbocycles. The van der Waals surface area contributed by atoms with Gasteiger partial charge in [0.05, 0.1) is 5.41 Å². The molecule has 0 aromatic heterocycles. The van der Waals surface area contributed by atoms with Crippen molar-refractivity contribution in [3.05, 3.63) is 0 Å². The van der Waals surface area contributed by atoms with Gasteiger partial charge in [-0.15, -0.1) is 0 Å². The Bertz CT molecular complexity index is 257. The van der Waals surface area contributed by atoms with E-state index in [1.807, 2.05) is 0 Å². The van der Waals surface area contributed by atoms with Crippen LogP contribution >= 0.6 is 0 Å². The molecule has 2 aliphatic rings. The molecule has 2 fully saturated rings. The van der Waals surface area contributed by atoms with Crippen LogP contribution in [-0.4, -0.2) is 11.1 Å². The molecule has 0 saturated heterocycles. The second-order valence-electron chi connectivity index (χ2n) is 5.94. The summed E-state index contributed by atoms with van der Waals surface area (Å²) in [7, 11) is 0. The quantitative estimate of drug-likeness (QED) is 0.770. The minimum atomic E-state index is -0.522. The van der Waals surface area contributed by atoms with E-state index in [0.29, 0.717) is 5.92 Å². The van der Waals surface area contributed by atoms with Gasteiger partial charge in [-0.2, -0.15) is 0 Å². The summed E-state index contributed by atoms with van der Waals surface area (Å²) in [5.74, 6) is 0.994. The molecule has 0 spiro atoms. The molecule has 0 radical (unpaired) electrons. The fourth-order valence-corrected chi connectivity index (χ4v) is 3.25. The van der Waals surface area contributed by atoms with Crippen molar-refractivity contribution in [2.45, 2.75) is 64.7 Å². The van der Waals surface area contributed by atoms with Crippen LogP contribution in [0.3, 0.4) is 0 Å². The average Bonchev–Trinajstić information content (AvgIpc) is 3.10. The van der Waals surface area contributed by atoms with Crippen molar-refractivity contribution in [3.63, 3.8) is 0 Å². The lowest BCUT2D eigenvalue weighted by Gasteiger charge is -2.37. The first-order valence-electron chi connectivity index (χ1n) is 6.89. The summed E-state index contributed by atoms with van der Waals surface area (Å²) in [5.41, 5.74) is -0.360. The van der Waals surface area contributed by atoms with Gasteiger partial charge in [0.15, 0.2) is 0 Å². The summed E-state index contributed by atoms with van der Waals surface area (Å²) in [6.07, 6.45) is 10.1. The topological polar surface area (TPSA) is 37.3 Å². The lowest BCUT2D eigenvalue weighted by Crippen LogP contribution is -2.36. The van der Waals surface area contributed by atoms with Crippen LogP contribution in [0.5, 0.6) is 0 Å². The summed E-state index contributed by atoms with van der Waals surface area (Å²) in [6, 6.07) is 0. The van der Waals surface area contributed by atoms with E-state index in [-0.39, 0.29) is 5.41 Å². The van der Waals surface area contributed by atoms with E-state index >= 15 is 0 Å². The predicted molar refractivity (Wildman–Crippen MR) is 64.3 cm³/mol. The Morgan fingerprint density at radius 3 is 2.62 bits per heavy atom. The predicted octanol–water partition coefficient (Wildman–Crippen LogP) is 3.85. The molecule has 2 heteroatoms. The minimum Gasteiger partial charge on any atom is -0.481 e. The molecule has 0 aliphatic heterocycles. The third-order valence-corrected chi connectivity index (χ3v) is 4.71. The molecule has 92 valence electrons. The highest BCUT2D eigenvalue weighted by Gasteiger charge is 2.42. The zero-order valence-corrected chi connectivity index (χ0v) is 10.4. The van der Waals surface area contributed by atoms with Crippen molar-refractivity contribution in [2.24, 2.45) is 17.3 Å². The van der Waals surface area contributed by atoms with E-state index in [1.165, 1.54) is 19.3 Å². The Labute approximate surface area is 98.4 Å². The van der Waals surface area contributed by atoms with Gasteiger partial charge in [-0.25, -0.2) is 0 Å². The van der Waals surface area contributed by atoms with Crippen LogP contribution in [0.25, 0.3) is 0 Å². The van der Waals surface area contributed by atoms with Gasteiger partial charge in [0.25, 0.3) is 0 Å². The van der Waals surface area contributed by atoms with Crippen LogP contribution in [0.15, 0.2) is 0 Å². The highest BCUT2D eigenvalue weighted by atomic mass is 16.4. The van der Waals surface area contributed by atoms with Crippen LogP contribution in [0.1, 0.15) is 64.7 Å². The van der Waals surface area contributed by atoms with Crippen LogP contribution in [0, 0.1) is 17.3 Å². The van der Waals surface area contributed by atoms with Gasteiger partial charge in [0.1, 0.15) is 0 Å². The van der Waals surface area contributed by atoms with Crippen molar-refractivity contribution in [1.29, 1.82) is 0 Å². The van der Waals surface area contributed by atoms with E-state index in [0.717, 1.165) is 44.4 Å². The van der Waals surface area contributed by atoms with E-state index in [4.69, 9.17) is 0 Å². The van der Waals surface area contributed by atoms with E-state index in [9.17, 15) is 9.90 Å². The fraction of sp³-hybridized carbons (Fsp3) is 0.929. The third kappa shape index (κ3) is 2.58. The largest absolute Gasteiger partial charge is 0.481 e. The first-order chi connectivity index (χ1) is 7.66. The number of aliphatic carboxylic acids is 1. The van der Waals surface area contributed by atoms with Gasteiger partial charge in [-0.3, -0.25) is 4.79 Å². The van der Waals surface area contributed by atoms with Gasteiger partial charge in [0.2, 0.25) is 0 Å². The van der Waals surface area contributed by atoms with Crippen LogP contribution in [0.2, 0.25) is 0 Å². The lowest BCUT2D eigenvalue weighted by molar-refractivity contribution is -0.153. The summed E-state index contributed by atoms with van der Waals surface area (Å²) >= 11 is 0. The highest BCUT2D eigenvalue weighted by Crippen LogP contribution is 2.47. The molecule has 0 aromatic rings. The SMILES string of the molecule is CCC1CCCC(CCC2CC2)(C(=O)O)C1. The van der Waals surface area contributed by atoms with Crippen molar-refractivity contribution in [2.75, 3.05) is 0 Å². The molecule has 0 bridgehead atoms. The monoisotopic (exact) mass is 224 g/mol. The maximum Gasteiger partial charge on any atom is 0.309 e. The van der Waals surface area contributed by atoms with E-state index in [1.54, 1.807) is 0 Å². The van der Waals surface area contributed by atoms with Gasteiger partial charge in [-0.1, -0.05) is 39.0 Å². The van der Waals surface area contributed by atoms with Crippen LogP contribution in [-0.2, 0) is 4.79 Å². The van der Waals surface area contributed by atoms with E-state index < -0.39 is 5.97 Å². The second-order valence-corrected chi connectivity index (χ2v) is 5.94. The van der Waals surface area contributed by atoms with Crippen LogP contribution < -0.4 is 0 Å². The number of carbonyl (C=O) groups is 1. The summed E-state index contributed by atoms with van der Waals surface area (Å²) in [6.45, 7) is 2.20. The van der Waals surface area contributed by atoms with Gasteiger partial charge >= 0.3 is 5.97 Å². The van der Waals surface area contributed by atoms with Gasteiger partial charge < -0.3 is 5.11 Å². The lowest BCUT2D eigenvalue weighted by atomic mass is 9.66. The standard InChI is InChI=1S/C14H24O2/c1-2-11-4-3-8-14(10-11,13(15)16)9-7-12-5-6-12/h11-12H,2-10H2,1H3,(H,15,16). The minimum absolute atomic E-state index is 0.360. The number of carboxylic acids is 1. The smallest absolute Gasteiger partial charge is 0.309 e. The molecule has 2 unspecified atom stereocenters. The molecular weight excluding hydrogens is 200 g/mol. The molecule has 0 heterocycles. The number of hydrogen-bond acceptors (Lipinski definition) is 1. The molecule has 1 N–H and O–H groups in total. The zero-order valence-electron chi connectivity index (χ0n) is 10.4. The Kier molecular flexibility index (Phi) is 3.56. The zero-order chi connectivity index (χ0) is 11.6. The molecule has 16 heavy (non-hydrogen) atoms. The maximum absolute atomic E-state index is 11.6. The van der Waals surface area contributed by atoms with Crippen molar-refractivity contribution in [1.82, 2.24) is 0 Å². The first-order valence-corrected chi connectivity index (χ1v) is 6.89. The Hall–Kier alpha value is -0.530. The fourth-order valence-electron chi connectivity index (χ4n) is 3.25. The number of hydrogen-bond donors (Lipinski definition) is 1. The average molecular weight is 224 g/mol.